The number of ether oxygens (including phenoxy) is 1. The van der Waals surface area contributed by atoms with Gasteiger partial charge in [-0.2, -0.15) is 0 Å². The van der Waals surface area contributed by atoms with Gasteiger partial charge in [-0.3, -0.25) is 0 Å². The second kappa shape index (κ2) is 6.46. The monoisotopic (exact) mass is 207 g/mol. The highest BCUT2D eigenvalue weighted by atomic mass is 16.5. The van der Waals surface area contributed by atoms with Crippen LogP contribution >= 0.6 is 0 Å². The summed E-state index contributed by atoms with van der Waals surface area (Å²) in [5.41, 5.74) is 1.20. The Bertz CT molecular complexity index is 280. The number of hydrogen-bond donors (Lipinski definition) is 1. The predicted molar refractivity (Wildman–Crippen MR) is 64.4 cm³/mol. The van der Waals surface area contributed by atoms with Gasteiger partial charge in [-0.1, -0.05) is 31.5 Å². The molecular formula is C13H21NO. The zero-order valence-corrected chi connectivity index (χ0v) is 9.92. The van der Waals surface area contributed by atoms with Crippen LogP contribution in [0.4, 0.5) is 0 Å². The number of rotatable bonds is 6. The summed E-state index contributed by atoms with van der Waals surface area (Å²) in [6, 6.07) is 8.17. The molecule has 2 heteroatoms. The maximum Gasteiger partial charge on any atom is 0.122 e. The van der Waals surface area contributed by atoms with Crippen molar-refractivity contribution < 1.29 is 4.74 Å². The first-order valence-corrected chi connectivity index (χ1v) is 5.64. The lowest BCUT2D eigenvalue weighted by molar-refractivity contribution is 0.188. The van der Waals surface area contributed by atoms with Gasteiger partial charge < -0.3 is 10.1 Å². The first kappa shape index (κ1) is 12.1. The Labute approximate surface area is 92.6 Å². The Morgan fingerprint density at radius 3 is 2.67 bits per heavy atom. The number of nitrogens with one attached hydrogen (secondary N) is 1. The maximum atomic E-state index is 5.96. The Hall–Kier alpha value is -1.02. The summed E-state index contributed by atoms with van der Waals surface area (Å²) < 4.78 is 5.96. The molecule has 15 heavy (non-hydrogen) atoms. The standard InChI is InChI=1S/C13H21NO/c1-4-7-12(10-14-3)15-13-9-6-5-8-11(13)2/h5-6,8-9,12,14H,4,7,10H2,1-3H3. The number of likely N-dealkylation sites (N-methyl/N-ethyl adjacent to an activating group) is 1. The molecule has 0 bridgehead atoms. The van der Waals surface area contributed by atoms with Crippen LogP contribution in [0.3, 0.4) is 0 Å². The number of aryl methyl sites for hydroxylation is 1. The van der Waals surface area contributed by atoms with E-state index in [1.54, 1.807) is 0 Å². The second-order valence-electron chi connectivity index (χ2n) is 3.85. The van der Waals surface area contributed by atoms with Crippen molar-refractivity contribution >= 4 is 0 Å². The molecule has 0 aliphatic carbocycles. The lowest BCUT2D eigenvalue weighted by Crippen LogP contribution is -2.29. The molecule has 0 heterocycles. The van der Waals surface area contributed by atoms with Gasteiger partial charge in [0, 0.05) is 6.54 Å². The van der Waals surface area contributed by atoms with Gasteiger partial charge in [0.25, 0.3) is 0 Å². The summed E-state index contributed by atoms with van der Waals surface area (Å²) in [4.78, 5) is 0. The van der Waals surface area contributed by atoms with Crippen LogP contribution < -0.4 is 10.1 Å². The van der Waals surface area contributed by atoms with Crippen molar-refractivity contribution in [2.75, 3.05) is 13.6 Å². The molecule has 1 N–H and O–H groups in total. The summed E-state index contributed by atoms with van der Waals surface area (Å²) >= 11 is 0. The van der Waals surface area contributed by atoms with Gasteiger partial charge in [-0.15, -0.1) is 0 Å². The third kappa shape index (κ3) is 3.92. The molecule has 1 aromatic rings. The van der Waals surface area contributed by atoms with Crippen molar-refractivity contribution in [3.05, 3.63) is 29.8 Å². The molecule has 1 unspecified atom stereocenters. The molecule has 0 fully saturated rings. The minimum Gasteiger partial charge on any atom is -0.489 e. The lowest BCUT2D eigenvalue weighted by atomic mass is 10.2. The molecular weight excluding hydrogens is 186 g/mol. The zero-order valence-electron chi connectivity index (χ0n) is 9.92. The third-order valence-electron chi connectivity index (χ3n) is 2.43. The Morgan fingerprint density at radius 1 is 1.33 bits per heavy atom. The molecule has 0 radical (unpaired) electrons. The van der Waals surface area contributed by atoms with Crippen LogP contribution in [0.5, 0.6) is 5.75 Å². The quantitative estimate of drug-likeness (QED) is 0.774. The van der Waals surface area contributed by atoms with Crippen LogP contribution in [0, 0.1) is 6.92 Å². The summed E-state index contributed by atoms with van der Waals surface area (Å²) in [5.74, 6) is 1.01. The van der Waals surface area contributed by atoms with Gasteiger partial charge in [-0.25, -0.2) is 0 Å². The van der Waals surface area contributed by atoms with Crippen LogP contribution in [-0.4, -0.2) is 19.7 Å². The average Bonchev–Trinajstić information content (AvgIpc) is 2.22. The Balaban J connectivity index is 2.60. The predicted octanol–water partition coefficient (Wildman–Crippen LogP) is 2.76. The summed E-state index contributed by atoms with van der Waals surface area (Å²) in [7, 11) is 1.96. The van der Waals surface area contributed by atoms with Gasteiger partial charge in [0.2, 0.25) is 0 Å². The summed E-state index contributed by atoms with van der Waals surface area (Å²) in [6.45, 7) is 5.17. The molecule has 2 nitrogen and oxygen atoms in total. The highest BCUT2D eigenvalue weighted by Gasteiger charge is 2.09. The fourth-order valence-electron chi connectivity index (χ4n) is 1.62. The Morgan fingerprint density at radius 2 is 2.07 bits per heavy atom. The van der Waals surface area contributed by atoms with Crippen molar-refractivity contribution in [1.29, 1.82) is 0 Å². The normalized spacial score (nSPS) is 12.5. The largest absolute Gasteiger partial charge is 0.489 e. The van der Waals surface area contributed by atoms with E-state index in [-0.39, 0.29) is 6.10 Å². The van der Waals surface area contributed by atoms with Crippen molar-refractivity contribution in [1.82, 2.24) is 5.32 Å². The lowest BCUT2D eigenvalue weighted by Gasteiger charge is -2.19. The number of para-hydroxylation sites is 1. The summed E-state index contributed by atoms with van der Waals surface area (Å²) in [5, 5.41) is 3.17. The van der Waals surface area contributed by atoms with E-state index in [0.29, 0.717) is 0 Å². The van der Waals surface area contributed by atoms with Gasteiger partial charge >= 0.3 is 0 Å². The minimum atomic E-state index is 0.279. The first-order chi connectivity index (χ1) is 7.27. The third-order valence-corrected chi connectivity index (χ3v) is 2.43. The highest BCUT2D eigenvalue weighted by molar-refractivity contribution is 5.31. The molecule has 0 aromatic heterocycles. The molecule has 0 amide bonds. The molecule has 1 aromatic carbocycles. The molecule has 0 spiro atoms. The van der Waals surface area contributed by atoms with Crippen LogP contribution in [0.1, 0.15) is 25.3 Å². The van der Waals surface area contributed by atoms with Gasteiger partial charge in [0.1, 0.15) is 11.9 Å². The fourth-order valence-corrected chi connectivity index (χ4v) is 1.62. The topological polar surface area (TPSA) is 21.3 Å². The smallest absolute Gasteiger partial charge is 0.122 e. The molecule has 84 valence electrons. The minimum absolute atomic E-state index is 0.279. The van der Waals surface area contributed by atoms with E-state index >= 15 is 0 Å². The fraction of sp³-hybridized carbons (Fsp3) is 0.538. The summed E-state index contributed by atoms with van der Waals surface area (Å²) in [6.07, 6.45) is 2.52. The van der Waals surface area contributed by atoms with Gasteiger partial charge in [-0.05, 0) is 32.0 Å². The highest BCUT2D eigenvalue weighted by Crippen LogP contribution is 2.18. The van der Waals surface area contributed by atoms with Gasteiger partial charge in [0.15, 0.2) is 0 Å². The number of benzene rings is 1. The maximum absolute atomic E-state index is 5.96. The van der Waals surface area contributed by atoms with Crippen LogP contribution in [-0.2, 0) is 0 Å². The average molecular weight is 207 g/mol. The molecule has 0 aliphatic heterocycles. The van der Waals surface area contributed by atoms with Crippen LogP contribution in [0.2, 0.25) is 0 Å². The van der Waals surface area contributed by atoms with Crippen molar-refractivity contribution in [2.24, 2.45) is 0 Å². The van der Waals surface area contributed by atoms with E-state index < -0.39 is 0 Å². The van der Waals surface area contributed by atoms with E-state index in [1.807, 2.05) is 25.2 Å². The molecule has 1 rings (SSSR count). The molecule has 0 aliphatic rings. The SMILES string of the molecule is CCCC(CNC)Oc1ccccc1C. The van der Waals surface area contributed by atoms with Crippen LogP contribution in [0.25, 0.3) is 0 Å². The van der Waals surface area contributed by atoms with E-state index in [4.69, 9.17) is 4.74 Å². The second-order valence-corrected chi connectivity index (χ2v) is 3.85. The molecule has 0 saturated carbocycles. The van der Waals surface area contributed by atoms with E-state index in [0.717, 1.165) is 25.1 Å². The molecule has 1 atom stereocenters. The van der Waals surface area contributed by atoms with Gasteiger partial charge in [0.05, 0.1) is 0 Å². The van der Waals surface area contributed by atoms with Crippen LogP contribution in [0.15, 0.2) is 24.3 Å². The molecule has 0 saturated heterocycles. The Kier molecular flexibility index (Phi) is 5.19. The first-order valence-electron chi connectivity index (χ1n) is 5.64. The van der Waals surface area contributed by atoms with E-state index in [1.165, 1.54) is 5.56 Å². The van der Waals surface area contributed by atoms with E-state index in [9.17, 15) is 0 Å². The number of hydrogen-bond acceptors (Lipinski definition) is 2. The van der Waals surface area contributed by atoms with Crippen molar-refractivity contribution in [3.8, 4) is 5.75 Å². The zero-order chi connectivity index (χ0) is 11.1. The van der Waals surface area contributed by atoms with E-state index in [2.05, 4.69) is 25.2 Å². The van der Waals surface area contributed by atoms with Crippen molar-refractivity contribution in [3.63, 3.8) is 0 Å². The van der Waals surface area contributed by atoms with Crippen molar-refractivity contribution in [2.45, 2.75) is 32.8 Å².